The van der Waals surface area contributed by atoms with Crippen molar-refractivity contribution in [3.05, 3.63) is 16.4 Å². The van der Waals surface area contributed by atoms with E-state index in [2.05, 4.69) is 11.0 Å². The Balaban J connectivity index is 2.81. The largest absolute Gasteiger partial charge is 0.321 e. The number of carbonyl (C=O) groups is 1. The predicted octanol–water partition coefficient (Wildman–Crippen LogP) is 0.844. The molecule has 1 heterocycles. The molecule has 86 valence electrons. The van der Waals surface area contributed by atoms with E-state index in [1.807, 2.05) is 0 Å². The van der Waals surface area contributed by atoms with Crippen molar-refractivity contribution in [1.29, 1.82) is 0 Å². The molecule has 0 aliphatic heterocycles. The molecule has 0 aliphatic rings. The molecule has 0 amide bonds. The van der Waals surface area contributed by atoms with Crippen molar-refractivity contribution < 1.29 is 4.79 Å². The molecule has 0 radical (unpaired) electrons. The fourth-order valence-electron chi connectivity index (χ4n) is 1.41. The number of nitrogens with two attached hydrogens (primary N) is 1. The zero-order valence-corrected chi connectivity index (χ0v) is 10.1. The van der Waals surface area contributed by atoms with Crippen molar-refractivity contribution in [2.24, 2.45) is 12.8 Å². The lowest BCUT2D eigenvalue weighted by atomic mass is 10.1. The molecule has 1 rings (SSSR count). The van der Waals surface area contributed by atoms with Crippen LogP contribution in [-0.2, 0) is 18.3 Å². The monoisotopic (exact) mass is 239 g/mol. The van der Waals surface area contributed by atoms with Gasteiger partial charge in [0, 0.05) is 13.5 Å². The van der Waals surface area contributed by atoms with Crippen LogP contribution in [0.5, 0.6) is 0 Å². The van der Waals surface area contributed by atoms with Gasteiger partial charge in [-0.15, -0.1) is 12.3 Å². The van der Waals surface area contributed by atoms with E-state index in [4.69, 9.17) is 23.8 Å². The maximum Gasteiger partial charge on any atom is 0.156 e. The van der Waals surface area contributed by atoms with Crippen LogP contribution in [0.2, 0.25) is 5.02 Å². The third-order valence-electron chi connectivity index (χ3n) is 2.35. The van der Waals surface area contributed by atoms with Gasteiger partial charge in [0.1, 0.15) is 0 Å². The standard InChI is InChI=1S/C11H14ClN3O/c1-4-5-8(13)10(16)6-9-11(12)7(2)14-15(9)3/h1,8H,5-6,13H2,2-3H3. The third kappa shape index (κ3) is 2.63. The first kappa shape index (κ1) is 12.8. The van der Waals surface area contributed by atoms with Gasteiger partial charge in [-0.05, 0) is 6.92 Å². The molecule has 2 N–H and O–H groups in total. The highest BCUT2D eigenvalue weighted by Crippen LogP contribution is 2.20. The lowest BCUT2D eigenvalue weighted by Gasteiger charge is -2.07. The highest BCUT2D eigenvalue weighted by Gasteiger charge is 2.18. The summed E-state index contributed by atoms with van der Waals surface area (Å²) in [5, 5.41) is 4.64. The number of aromatic nitrogens is 2. The molecule has 1 atom stereocenters. The third-order valence-corrected chi connectivity index (χ3v) is 2.85. The maximum atomic E-state index is 11.7. The van der Waals surface area contributed by atoms with E-state index < -0.39 is 6.04 Å². The van der Waals surface area contributed by atoms with Gasteiger partial charge in [0.05, 0.1) is 28.9 Å². The summed E-state index contributed by atoms with van der Waals surface area (Å²) in [5.41, 5.74) is 7.00. The average molecular weight is 240 g/mol. The Morgan fingerprint density at radius 1 is 1.75 bits per heavy atom. The zero-order chi connectivity index (χ0) is 12.3. The molecule has 4 nitrogen and oxygen atoms in total. The van der Waals surface area contributed by atoms with Crippen LogP contribution in [0.3, 0.4) is 0 Å². The van der Waals surface area contributed by atoms with Crippen LogP contribution in [0, 0.1) is 19.3 Å². The Morgan fingerprint density at radius 3 is 2.81 bits per heavy atom. The van der Waals surface area contributed by atoms with Crippen molar-refractivity contribution in [3.63, 3.8) is 0 Å². The van der Waals surface area contributed by atoms with Gasteiger partial charge in [-0.25, -0.2) is 0 Å². The molecule has 1 aromatic rings. The first-order chi connectivity index (χ1) is 7.47. The van der Waals surface area contributed by atoms with Crippen LogP contribution in [0.25, 0.3) is 0 Å². The summed E-state index contributed by atoms with van der Waals surface area (Å²) in [7, 11) is 1.74. The van der Waals surface area contributed by atoms with Gasteiger partial charge in [0.25, 0.3) is 0 Å². The summed E-state index contributed by atoms with van der Waals surface area (Å²) in [6.07, 6.45) is 5.51. The Labute approximate surface area is 99.8 Å². The maximum absolute atomic E-state index is 11.7. The smallest absolute Gasteiger partial charge is 0.156 e. The minimum Gasteiger partial charge on any atom is -0.321 e. The van der Waals surface area contributed by atoms with Crippen molar-refractivity contribution in [1.82, 2.24) is 9.78 Å². The first-order valence-electron chi connectivity index (χ1n) is 4.87. The average Bonchev–Trinajstić information content (AvgIpc) is 2.45. The first-order valence-corrected chi connectivity index (χ1v) is 5.25. The molecule has 0 aromatic carbocycles. The van der Waals surface area contributed by atoms with Crippen LogP contribution in [0.4, 0.5) is 0 Å². The minimum atomic E-state index is -0.628. The van der Waals surface area contributed by atoms with Crippen LogP contribution < -0.4 is 5.73 Å². The van der Waals surface area contributed by atoms with E-state index in [0.29, 0.717) is 16.4 Å². The van der Waals surface area contributed by atoms with E-state index in [1.54, 1.807) is 18.7 Å². The van der Waals surface area contributed by atoms with Gasteiger partial charge in [0.2, 0.25) is 0 Å². The van der Waals surface area contributed by atoms with Crippen LogP contribution in [0.15, 0.2) is 0 Å². The molecule has 16 heavy (non-hydrogen) atoms. The number of hydrogen-bond donors (Lipinski definition) is 1. The number of aryl methyl sites for hydroxylation is 2. The Kier molecular flexibility index (Phi) is 4.11. The second-order valence-corrected chi connectivity index (χ2v) is 4.01. The molecule has 0 fully saturated rings. The second-order valence-electron chi connectivity index (χ2n) is 3.63. The molecular formula is C11H14ClN3O. The van der Waals surface area contributed by atoms with Gasteiger partial charge in [-0.2, -0.15) is 5.10 Å². The van der Waals surface area contributed by atoms with Gasteiger partial charge in [0.15, 0.2) is 5.78 Å². The zero-order valence-electron chi connectivity index (χ0n) is 9.33. The van der Waals surface area contributed by atoms with Crippen molar-refractivity contribution in [2.75, 3.05) is 0 Å². The normalized spacial score (nSPS) is 12.2. The van der Waals surface area contributed by atoms with Gasteiger partial charge in [-0.3, -0.25) is 9.48 Å². The fraction of sp³-hybridized carbons (Fsp3) is 0.455. The second kappa shape index (κ2) is 5.15. The number of hydrogen-bond acceptors (Lipinski definition) is 3. The quantitative estimate of drug-likeness (QED) is 0.793. The number of Topliss-reactive ketones (excluding diaryl/α,β-unsaturated/α-hetero) is 1. The topological polar surface area (TPSA) is 60.9 Å². The molecule has 1 unspecified atom stereocenters. The minimum absolute atomic E-state index is 0.122. The van der Waals surface area contributed by atoms with E-state index in [9.17, 15) is 4.79 Å². The van der Waals surface area contributed by atoms with E-state index >= 15 is 0 Å². The number of nitrogens with zero attached hydrogens (tertiary/aromatic N) is 2. The van der Waals surface area contributed by atoms with Gasteiger partial charge in [-0.1, -0.05) is 11.6 Å². The van der Waals surface area contributed by atoms with Crippen molar-refractivity contribution in [3.8, 4) is 12.3 Å². The molecule has 0 saturated heterocycles. The highest BCUT2D eigenvalue weighted by atomic mass is 35.5. The summed E-state index contributed by atoms with van der Waals surface area (Å²) in [4.78, 5) is 11.7. The highest BCUT2D eigenvalue weighted by molar-refractivity contribution is 6.32. The molecular weight excluding hydrogens is 226 g/mol. The molecule has 0 aliphatic carbocycles. The Bertz CT molecular complexity index is 445. The lowest BCUT2D eigenvalue weighted by Crippen LogP contribution is -2.31. The summed E-state index contributed by atoms with van der Waals surface area (Å²) < 4.78 is 1.60. The van der Waals surface area contributed by atoms with Gasteiger partial charge >= 0.3 is 0 Å². The summed E-state index contributed by atoms with van der Waals surface area (Å²) >= 11 is 6.02. The van der Waals surface area contributed by atoms with Crippen LogP contribution in [0.1, 0.15) is 17.8 Å². The number of halogens is 1. The number of terminal acetylenes is 1. The van der Waals surface area contributed by atoms with Crippen LogP contribution in [-0.4, -0.2) is 21.6 Å². The lowest BCUT2D eigenvalue weighted by molar-refractivity contribution is -0.119. The van der Waals surface area contributed by atoms with E-state index in [-0.39, 0.29) is 18.6 Å². The summed E-state index contributed by atoms with van der Waals surface area (Å²) in [6.45, 7) is 1.79. The molecule has 5 heteroatoms. The molecule has 0 saturated carbocycles. The Hall–Kier alpha value is -1.31. The number of ketones is 1. The molecule has 1 aromatic heterocycles. The van der Waals surface area contributed by atoms with Crippen LogP contribution >= 0.6 is 11.6 Å². The SMILES string of the molecule is C#CCC(N)C(=O)Cc1c(Cl)c(C)nn1C. The summed E-state index contributed by atoms with van der Waals surface area (Å²) in [6, 6.07) is -0.628. The molecule has 0 bridgehead atoms. The van der Waals surface area contributed by atoms with Crippen molar-refractivity contribution in [2.45, 2.75) is 25.8 Å². The van der Waals surface area contributed by atoms with E-state index in [0.717, 1.165) is 0 Å². The molecule has 0 spiro atoms. The van der Waals surface area contributed by atoms with E-state index in [1.165, 1.54) is 0 Å². The van der Waals surface area contributed by atoms with Crippen molar-refractivity contribution >= 4 is 17.4 Å². The van der Waals surface area contributed by atoms with Gasteiger partial charge < -0.3 is 5.73 Å². The number of carbonyl (C=O) groups excluding carboxylic acids is 1. The predicted molar refractivity (Wildman–Crippen MR) is 63.1 cm³/mol. The Morgan fingerprint density at radius 2 is 2.38 bits per heavy atom. The fourth-order valence-corrected chi connectivity index (χ4v) is 1.64. The summed E-state index contributed by atoms with van der Waals surface area (Å²) in [5.74, 6) is 2.24. The number of rotatable bonds is 4.